The summed E-state index contributed by atoms with van der Waals surface area (Å²) in [6.45, 7) is 2.27. The molecule has 2 N–H and O–H groups in total. The topological polar surface area (TPSA) is 49.3 Å². The van der Waals surface area contributed by atoms with Gasteiger partial charge in [-0.25, -0.2) is 0 Å². The molecule has 0 aliphatic carbocycles. The number of rotatable bonds is 3. The number of alkyl halides is 3. The van der Waals surface area contributed by atoms with E-state index in [-0.39, 0.29) is 12.0 Å². The summed E-state index contributed by atoms with van der Waals surface area (Å²) in [5, 5.41) is 12.3. The van der Waals surface area contributed by atoms with E-state index in [0.29, 0.717) is 18.5 Å². The Bertz CT molecular complexity index is 516. The van der Waals surface area contributed by atoms with Crippen molar-refractivity contribution < 1.29 is 23.1 Å². The second-order valence-electron chi connectivity index (χ2n) is 5.54. The second kappa shape index (κ2) is 6.05. The summed E-state index contributed by atoms with van der Waals surface area (Å²) >= 11 is 0. The number of carboxylic acid groups (broad SMARTS) is 1. The van der Waals surface area contributed by atoms with Crippen LogP contribution in [0.4, 0.5) is 13.2 Å². The van der Waals surface area contributed by atoms with Crippen LogP contribution < -0.4 is 5.32 Å². The molecule has 0 aromatic heterocycles. The van der Waals surface area contributed by atoms with Crippen LogP contribution in [-0.4, -0.2) is 17.6 Å². The van der Waals surface area contributed by atoms with Crippen molar-refractivity contribution in [1.29, 1.82) is 0 Å². The zero-order chi connectivity index (χ0) is 15.6. The van der Waals surface area contributed by atoms with Gasteiger partial charge in [0.1, 0.15) is 0 Å². The van der Waals surface area contributed by atoms with Gasteiger partial charge < -0.3 is 10.4 Å². The summed E-state index contributed by atoms with van der Waals surface area (Å²) < 4.78 is 38.2. The highest BCUT2D eigenvalue weighted by molar-refractivity contribution is 5.69. The summed E-state index contributed by atoms with van der Waals surface area (Å²) in [7, 11) is 0. The molecule has 1 fully saturated rings. The molecule has 1 aromatic rings. The number of hydrogen-bond acceptors (Lipinski definition) is 2. The van der Waals surface area contributed by atoms with Crippen molar-refractivity contribution in [3.8, 4) is 0 Å². The zero-order valence-electron chi connectivity index (χ0n) is 11.7. The van der Waals surface area contributed by atoms with Gasteiger partial charge in [-0.1, -0.05) is 19.1 Å². The Morgan fingerprint density at radius 2 is 2.14 bits per heavy atom. The van der Waals surface area contributed by atoms with Crippen molar-refractivity contribution in [2.45, 2.75) is 32.0 Å². The molecule has 1 aliphatic rings. The molecular formula is C15H18F3NO2. The number of halogens is 3. The lowest BCUT2D eigenvalue weighted by Crippen LogP contribution is -2.36. The van der Waals surface area contributed by atoms with Crippen LogP contribution in [0.15, 0.2) is 24.3 Å². The van der Waals surface area contributed by atoms with Crippen LogP contribution in [0.1, 0.15) is 36.9 Å². The fourth-order valence-corrected chi connectivity index (χ4v) is 2.79. The van der Waals surface area contributed by atoms with E-state index in [9.17, 15) is 18.0 Å². The normalized spacial score (nSPS) is 24.6. The molecule has 3 atom stereocenters. The van der Waals surface area contributed by atoms with Gasteiger partial charge in [0.05, 0.1) is 11.5 Å². The molecule has 0 bridgehead atoms. The number of carboxylic acids is 1. The Morgan fingerprint density at radius 3 is 2.76 bits per heavy atom. The number of piperidine rings is 1. The lowest BCUT2D eigenvalue weighted by Gasteiger charge is -2.33. The van der Waals surface area contributed by atoms with Crippen molar-refractivity contribution >= 4 is 5.97 Å². The summed E-state index contributed by atoms with van der Waals surface area (Å²) in [5.74, 6) is -1.37. The van der Waals surface area contributed by atoms with Gasteiger partial charge >= 0.3 is 12.1 Å². The van der Waals surface area contributed by atoms with Crippen LogP contribution in [-0.2, 0) is 11.0 Å². The molecule has 3 unspecified atom stereocenters. The summed E-state index contributed by atoms with van der Waals surface area (Å²) in [6, 6.07) is 5.01. The van der Waals surface area contributed by atoms with E-state index in [1.807, 2.05) is 0 Å². The Labute approximate surface area is 121 Å². The fourth-order valence-electron chi connectivity index (χ4n) is 2.79. The third-order valence-corrected chi connectivity index (χ3v) is 4.16. The van der Waals surface area contributed by atoms with Gasteiger partial charge in [-0.3, -0.25) is 4.79 Å². The minimum Gasteiger partial charge on any atom is -0.481 e. The molecule has 0 radical (unpaired) electrons. The third kappa shape index (κ3) is 3.75. The zero-order valence-corrected chi connectivity index (χ0v) is 11.7. The van der Waals surface area contributed by atoms with Gasteiger partial charge in [0.25, 0.3) is 0 Å². The van der Waals surface area contributed by atoms with Crippen molar-refractivity contribution in [2.24, 2.45) is 11.8 Å². The third-order valence-electron chi connectivity index (χ3n) is 4.16. The average molecular weight is 301 g/mol. The van der Waals surface area contributed by atoms with Crippen LogP contribution in [0.25, 0.3) is 0 Å². The Morgan fingerprint density at radius 1 is 1.43 bits per heavy atom. The second-order valence-corrected chi connectivity index (χ2v) is 5.54. The monoisotopic (exact) mass is 301 g/mol. The van der Waals surface area contributed by atoms with Gasteiger partial charge in [0.15, 0.2) is 0 Å². The van der Waals surface area contributed by atoms with Crippen LogP contribution in [0.5, 0.6) is 0 Å². The lowest BCUT2D eigenvalue weighted by atomic mass is 9.81. The van der Waals surface area contributed by atoms with Crippen molar-refractivity contribution in [3.63, 3.8) is 0 Å². The first kappa shape index (κ1) is 15.8. The van der Waals surface area contributed by atoms with Crippen LogP contribution >= 0.6 is 0 Å². The number of aliphatic carboxylic acids is 1. The number of benzene rings is 1. The SMILES string of the molecule is CC(C(=O)O)C1CCNC(c2cccc(C(F)(F)F)c2)C1. The fraction of sp³-hybridized carbons (Fsp3) is 0.533. The van der Waals surface area contributed by atoms with E-state index in [0.717, 1.165) is 18.6 Å². The van der Waals surface area contributed by atoms with E-state index < -0.39 is 23.6 Å². The molecule has 0 spiro atoms. The molecule has 0 amide bonds. The molecule has 6 heteroatoms. The first-order valence-electron chi connectivity index (χ1n) is 6.92. The van der Waals surface area contributed by atoms with Gasteiger partial charge in [0.2, 0.25) is 0 Å². The summed E-state index contributed by atoms with van der Waals surface area (Å²) in [6.07, 6.45) is -3.10. The molecule has 0 saturated carbocycles. The molecule has 1 aliphatic heterocycles. The van der Waals surface area contributed by atoms with E-state index in [1.54, 1.807) is 13.0 Å². The van der Waals surface area contributed by atoms with Crippen LogP contribution in [0, 0.1) is 11.8 Å². The van der Waals surface area contributed by atoms with Gasteiger partial charge in [-0.2, -0.15) is 13.2 Å². The first-order valence-corrected chi connectivity index (χ1v) is 6.92. The number of nitrogens with one attached hydrogen (secondary N) is 1. The van der Waals surface area contributed by atoms with Gasteiger partial charge in [-0.05, 0) is 43.0 Å². The quantitative estimate of drug-likeness (QED) is 0.899. The van der Waals surface area contributed by atoms with E-state index in [2.05, 4.69) is 5.32 Å². The highest BCUT2D eigenvalue weighted by atomic mass is 19.4. The van der Waals surface area contributed by atoms with E-state index >= 15 is 0 Å². The maximum absolute atomic E-state index is 12.7. The summed E-state index contributed by atoms with van der Waals surface area (Å²) in [4.78, 5) is 11.1. The van der Waals surface area contributed by atoms with Crippen molar-refractivity contribution in [1.82, 2.24) is 5.32 Å². The predicted octanol–water partition coefficient (Wildman–Crippen LogP) is 3.47. The van der Waals surface area contributed by atoms with Gasteiger partial charge in [0, 0.05) is 6.04 Å². The van der Waals surface area contributed by atoms with E-state index in [4.69, 9.17) is 5.11 Å². The molecule has 116 valence electrons. The first-order chi connectivity index (χ1) is 9.79. The molecule has 1 saturated heterocycles. The number of hydrogen-bond donors (Lipinski definition) is 2. The van der Waals surface area contributed by atoms with Gasteiger partial charge in [-0.15, -0.1) is 0 Å². The highest BCUT2D eigenvalue weighted by Crippen LogP contribution is 2.35. The van der Waals surface area contributed by atoms with E-state index in [1.165, 1.54) is 6.07 Å². The molecule has 2 rings (SSSR count). The highest BCUT2D eigenvalue weighted by Gasteiger charge is 2.33. The molecule has 3 nitrogen and oxygen atoms in total. The molecule has 1 aromatic carbocycles. The maximum Gasteiger partial charge on any atom is 0.416 e. The Kier molecular flexibility index (Phi) is 4.56. The minimum absolute atomic E-state index is 0.0247. The van der Waals surface area contributed by atoms with Crippen molar-refractivity contribution in [3.05, 3.63) is 35.4 Å². The molecule has 21 heavy (non-hydrogen) atoms. The predicted molar refractivity (Wildman–Crippen MR) is 71.7 cm³/mol. The summed E-state index contributed by atoms with van der Waals surface area (Å²) in [5.41, 5.74) is -0.109. The number of carbonyl (C=O) groups is 1. The smallest absolute Gasteiger partial charge is 0.416 e. The maximum atomic E-state index is 12.7. The Balaban J connectivity index is 2.16. The molecule has 1 heterocycles. The van der Waals surface area contributed by atoms with Crippen LogP contribution in [0.3, 0.4) is 0 Å². The minimum atomic E-state index is -4.36. The molecular weight excluding hydrogens is 283 g/mol. The standard InChI is InChI=1S/C15H18F3NO2/c1-9(14(20)21)10-5-6-19-13(8-10)11-3-2-4-12(7-11)15(16,17)18/h2-4,7,9-10,13,19H,5-6,8H2,1H3,(H,20,21). The Hall–Kier alpha value is -1.56. The largest absolute Gasteiger partial charge is 0.481 e. The van der Waals surface area contributed by atoms with Crippen LogP contribution in [0.2, 0.25) is 0 Å². The average Bonchev–Trinajstić information content (AvgIpc) is 2.46. The van der Waals surface area contributed by atoms with Crippen molar-refractivity contribution in [2.75, 3.05) is 6.54 Å². The lowest BCUT2D eigenvalue weighted by molar-refractivity contribution is -0.143.